The number of nitrogens with one attached hydrogen (secondary N) is 3. The number of hydrogen-bond acceptors (Lipinski definition) is 22. The summed E-state index contributed by atoms with van der Waals surface area (Å²) in [5, 5.41) is 67.7. The summed E-state index contributed by atoms with van der Waals surface area (Å²) in [5.41, 5.74) is 22.1. The molecule has 2 aliphatic rings. The van der Waals surface area contributed by atoms with Crippen molar-refractivity contribution in [2.24, 2.45) is 38.8 Å². The Kier molecular flexibility index (Phi) is 33.3. The first-order valence-corrected chi connectivity index (χ1v) is 25.6. The van der Waals surface area contributed by atoms with Crippen molar-refractivity contribution in [2.75, 3.05) is 105 Å². The van der Waals surface area contributed by atoms with Gasteiger partial charge in [-0.05, 0) is 25.0 Å². The number of terminal acetylenes is 1. The van der Waals surface area contributed by atoms with Crippen LogP contribution in [0.3, 0.4) is 0 Å². The Labute approximate surface area is 466 Å². The second-order valence-electron chi connectivity index (χ2n) is 18.1. The Morgan fingerprint density at radius 2 is 1.11 bits per heavy atom. The van der Waals surface area contributed by atoms with Crippen molar-refractivity contribution in [3.63, 3.8) is 0 Å². The average molecular weight is 1160 g/mol. The van der Waals surface area contributed by atoms with Gasteiger partial charge in [-0.2, -0.15) is 0 Å². The van der Waals surface area contributed by atoms with Crippen molar-refractivity contribution < 1.29 is 107 Å². The summed E-state index contributed by atoms with van der Waals surface area (Å²) in [6, 6.07) is -3.43. The van der Waals surface area contributed by atoms with Crippen LogP contribution in [0.15, 0.2) is 33.7 Å². The highest BCUT2D eigenvalue weighted by molar-refractivity contribution is 5.91. The van der Waals surface area contributed by atoms with Crippen LogP contribution in [0.2, 0.25) is 0 Å². The van der Waals surface area contributed by atoms with Gasteiger partial charge < -0.3 is 112 Å². The second-order valence-corrected chi connectivity index (χ2v) is 18.1. The number of carbonyl (C=O) groups is 8. The zero-order valence-corrected chi connectivity index (χ0v) is 45.2. The predicted molar refractivity (Wildman–Crippen MR) is 281 cm³/mol. The number of amides is 4. The second kappa shape index (κ2) is 38.6. The van der Waals surface area contributed by atoms with E-state index < -0.39 is 165 Å². The maximum Gasteiger partial charge on any atom is 0.370 e. The minimum Gasteiger partial charge on any atom is -0.480 e. The van der Waals surface area contributed by atoms with Gasteiger partial charge in [-0.3, -0.25) is 28.8 Å². The number of carbonyl (C=O) groups excluding carboxylic acids is 6. The Hall–Kier alpha value is -7.06. The normalized spacial score (nSPS) is 19.9. The molecule has 0 saturated heterocycles. The number of nitrogens with zero attached hydrogens (tertiary/aromatic N) is 3. The first-order valence-electron chi connectivity index (χ1n) is 25.6. The molecule has 0 aliphatic carbocycles. The predicted octanol–water partition coefficient (Wildman–Crippen LogP) is -6.53. The Bertz CT molecular complexity index is 2220. The van der Waals surface area contributed by atoms with Gasteiger partial charge in [0.2, 0.25) is 35.1 Å². The van der Waals surface area contributed by atoms with E-state index in [-0.39, 0.29) is 84.2 Å². The smallest absolute Gasteiger partial charge is 0.370 e. The Morgan fingerprint density at radius 3 is 1.56 bits per heavy atom. The molecule has 17 N–H and O–H groups in total. The molecule has 0 aromatic heterocycles. The van der Waals surface area contributed by atoms with Gasteiger partial charge in [0.05, 0.1) is 97.1 Å². The van der Waals surface area contributed by atoms with Crippen molar-refractivity contribution in [1.82, 2.24) is 20.9 Å². The molecular weight excluding hydrogens is 1080 g/mol. The molecular formula is C49H78N10O22. The Morgan fingerprint density at radius 1 is 0.679 bits per heavy atom. The topological polar surface area (TPSA) is 500 Å². The molecule has 0 fully saturated rings. The summed E-state index contributed by atoms with van der Waals surface area (Å²) in [6.45, 7) is -0.170. The third kappa shape index (κ3) is 27.3. The van der Waals surface area contributed by atoms with Crippen LogP contribution in [0, 0.1) is 18.3 Å². The van der Waals surface area contributed by atoms with E-state index in [9.17, 15) is 69.0 Å². The number of hydrogen-bond donors (Lipinski definition) is 13. The number of carboxylic acid groups (broad SMARTS) is 2. The Balaban J connectivity index is 2.02. The van der Waals surface area contributed by atoms with Crippen molar-refractivity contribution in [3.8, 4) is 12.3 Å². The summed E-state index contributed by atoms with van der Waals surface area (Å²) in [5.74, 6) is -7.18. The van der Waals surface area contributed by atoms with E-state index >= 15 is 0 Å². The lowest BCUT2D eigenvalue weighted by molar-refractivity contribution is -0.160. The van der Waals surface area contributed by atoms with Crippen molar-refractivity contribution in [2.45, 2.75) is 101 Å². The molecule has 456 valence electrons. The molecule has 81 heavy (non-hydrogen) atoms. The minimum atomic E-state index is -1.78. The molecule has 0 spiro atoms. The van der Waals surface area contributed by atoms with Crippen LogP contribution in [0.1, 0.15) is 46.0 Å². The van der Waals surface area contributed by atoms with Crippen LogP contribution < -0.4 is 38.9 Å². The van der Waals surface area contributed by atoms with Gasteiger partial charge in [-0.15, -0.1) is 6.42 Å². The quantitative estimate of drug-likeness (QED) is 0.0117. The summed E-state index contributed by atoms with van der Waals surface area (Å²) in [7, 11) is 0. The molecule has 10 atom stereocenters. The van der Waals surface area contributed by atoms with Gasteiger partial charge in [-0.25, -0.2) is 19.6 Å². The molecule has 0 bridgehead atoms. The number of guanidine groups is 2. The van der Waals surface area contributed by atoms with Gasteiger partial charge in [0, 0.05) is 38.8 Å². The van der Waals surface area contributed by atoms with Crippen LogP contribution in [0.5, 0.6) is 0 Å². The maximum atomic E-state index is 13.4. The number of carboxylic acids is 2. The number of aliphatic carboxylic acids is 2. The van der Waals surface area contributed by atoms with Gasteiger partial charge in [0.25, 0.3) is 0 Å². The largest absolute Gasteiger partial charge is 0.480 e. The van der Waals surface area contributed by atoms with Gasteiger partial charge >= 0.3 is 11.9 Å². The molecule has 2 aliphatic heterocycles. The average Bonchev–Trinajstić information content (AvgIpc) is 3.41. The summed E-state index contributed by atoms with van der Waals surface area (Å²) in [4.78, 5) is 111. The number of aliphatic hydroxyl groups is 4. The van der Waals surface area contributed by atoms with E-state index in [1.54, 1.807) is 6.92 Å². The minimum absolute atomic E-state index is 0.0367. The standard InChI is InChI=1S/C49H78N10O22/c1-4-12-74-14-16-76-18-19-77-17-15-75-13-9-40(69)59(22-30(63)7-5-10-54-38(67)26-78-43(34(65)24-60)42-28(2)32(57-48(50)51)20-36(80-42)46(70)71)23-31(64)8-6-11-55-39(68)27-79-44(35(66)25-61)45-41(56-29(3)62)33(58-49(52)53)21-37(81-45)47(72)73/h1,20-21,28,32-35,41-45,60-61,65-66H,5-19,22-27H2,2-3H3,(H,54,67)(H,55,68)(H,56,62)(H,70,71)(H,72,73)(H4,50,51,57)(H4,52,53,58)/t28-,32+,33+,34-,35-,41-,42-,43-,44-,45-/m1/s1. The van der Waals surface area contributed by atoms with Gasteiger partial charge in [0.1, 0.15) is 50.3 Å². The highest BCUT2D eigenvalue weighted by Gasteiger charge is 2.46. The summed E-state index contributed by atoms with van der Waals surface area (Å²) >= 11 is 0. The molecule has 0 radical (unpaired) electrons. The number of rotatable bonds is 42. The number of ketones is 2. The molecule has 0 unspecified atom stereocenters. The molecule has 2 heterocycles. The lowest BCUT2D eigenvalue weighted by atomic mass is 9.87. The van der Waals surface area contributed by atoms with E-state index in [0.29, 0.717) is 19.8 Å². The lowest BCUT2D eigenvalue weighted by Crippen LogP contribution is -2.60. The molecule has 32 heteroatoms. The van der Waals surface area contributed by atoms with E-state index in [0.717, 1.165) is 24.0 Å². The maximum absolute atomic E-state index is 13.4. The first-order chi connectivity index (χ1) is 38.5. The van der Waals surface area contributed by atoms with Crippen LogP contribution in [0.25, 0.3) is 0 Å². The molecule has 0 aromatic carbocycles. The highest BCUT2D eigenvalue weighted by atomic mass is 16.6. The number of nitrogens with two attached hydrogens (primary N) is 4. The zero-order chi connectivity index (χ0) is 60.4. The zero-order valence-electron chi connectivity index (χ0n) is 45.2. The monoisotopic (exact) mass is 1160 g/mol. The fourth-order valence-electron chi connectivity index (χ4n) is 7.86. The number of ether oxygens (including phenoxy) is 8. The number of aliphatic imine (C=N–C) groups is 2. The van der Waals surface area contributed by atoms with Crippen LogP contribution in [-0.4, -0.2) is 255 Å². The van der Waals surface area contributed by atoms with Gasteiger partial charge in [0.15, 0.2) is 29.6 Å². The highest BCUT2D eigenvalue weighted by Crippen LogP contribution is 2.31. The SMILES string of the molecule is C#CCOCCOCCOCCOCCC(=O)N(CC(=O)CCCNC(=O)CO[C@@H]([C@@H]1OC(C(=O)O)=C[C@H](N=C(N)N)[C@H]1C)[C@H](O)CO)CC(=O)CCCNC(=O)CO[C@@H]([C@@H]1OC(C(=O)O)=C[C@H](N=C(N)N)[C@H]1NC(C)=O)[C@H](O)CO. The number of Topliss-reactive ketones (excluding diaryl/α,β-unsaturated/α-hetero) is 2. The fourth-order valence-corrected chi connectivity index (χ4v) is 7.86. The molecule has 0 aromatic rings. The first kappa shape index (κ1) is 70.0. The van der Waals surface area contributed by atoms with Crippen LogP contribution in [-0.2, 0) is 76.3 Å². The third-order valence-electron chi connectivity index (χ3n) is 11.7. The third-order valence-corrected chi connectivity index (χ3v) is 11.7. The van der Waals surface area contributed by atoms with Crippen LogP contribution in [0.4, 0.5) is 0 Å². The molecule has 4 amide bonds. The van der Waals surface area contributed by atoms with Crippen molar-refractivity contribution in [1.29, 1.82) is 0 Å². The molecule has 2 rings (SSSR count). The van der Waals surface area contributed by atoms with Crippen LogP contribution >= 0.6 is 0 Å². The fraction of sp³-hybridized carbons (Fsp3) is 0.673. The summed E-state index contributed by atoms with van der Waals surface area (Å²) < 4.78 is 43.8. The van der Waals surface area contributed by atoms with Crippen molar-refractivity contribution >= 4 is 59.1 Å². The van der Waals surface area contributed by atoms with E-state index in [4.69, 9.17) is 67.3 Å². The number of aliphatic hydroxyl groups excluding tert-OH is 4. The summed E-state index contributed by atoms with van der Waals surface area (Å²) in [6.07, 6.45) is -2.48. The molecule has 32 nitrogen and oxygen atoms in total. The molecule has 0 saturated carbocycles. The van der Waals surface area contributed by atoms with E-state index in [1.165, 1.54) is 0 Å². The van der Waals surface area contributed by atoms with Crippen molar-refractivity contribution in [3.05, 3.63) is 23.7 Å². The van der Waals surface area contributed by atoms with E-state index in [2.05, 4.69) is 31.9 Å². The van der Waals surface area contributed by atoms with E-state index in [1.807, 2.05) is 0 Å². The lowest BCUT2D eigenvalue weighted by Gasteiger charge is -2.40. The van der Waals surface area contributed by atoms with Gasteiger partial charge in [-0.1, -0.05) is 12.8 Å².